The lowest BCUT2D eigenvalue weighted by Gasteiger charge is -2.28. The minimum atomic E-state index is -3.32. The van der Waals surface area contributed by atoms with Crippen molar-refractivity contribution in [2.24, 2.45) is 0 Å². The minimum Gasteiger partial charge on any atom is -0.300 e. The molecule has 25 heavy (non-hydrogen) atoms. The highest BCUT2D eigenvalue weighted by Crippen LogP contribution is 2.27. The SMILES string of the molecule is Cc1ccc(N(C(=O)c2ccc(F)cc2)[C@H]2C=CS(=O)(=O)C2)cc1C. The molecule has 130 valence electrons. The van der Waals surface area contributed by atoms with Crippen molar-refractivity contribution in [3.8, 4) is 0 Å². The lowest BCUT2D eigenvalue weighted by atomic mass is 10.1. The van der Waals surface area contributed by atoms with Gasteiger partial charge in [-0.2, -0.15) is 0 Å². The Morgan fingerprint density at radius 2 is 1.76 bits per heavy atom. The largest absolute Gasteiger partial charge is 0.300 e. The van der Waals surface area contributed by atoms with E-state index >= 15 is 0 Å². The van der Waals surface area contributed by atoms with Crippen molar-refractivity contribution >= 4 is 21.4 Å². The van der Waals surface area contributed by atoms with Crippen molar-refractivity contribution in [3.05, 3.63) is 76.5 Å². The van der Waals surface area contributed by atoms with Gasteiger partial charge in [0.1, 0.15) is 5.82 Å². The van der Waals surface area contributed by atoms with Gasteiger partial charge in [-0.3, -0.25) is 4.79 Å². The van der Waals surface area contributed by atoms with Gasteiger partial charge in [-0.25, -0.2) is 12.8 Å². The van der Waals surface area contributed by atoms with Crippen LogP contribution in [0, 0.1) is 19.7 Å². The Balaban J connectivity index is 2.05. The number of anilines is 1. The highest BCUT2D eigenvalue weighted by molar-refractivity contribution is 7.94. The molecule has 3 rings (SSSR count). The Morgan fingerprint density at radius 1 is 1.08 bits per heavy atom. The van der Waals surface area contributed by atoms with Crippen molar-refractivity contribution in [1.82, 2.24) is 0 Å². The van der Waals surface area contributed by atoms with E-state index in [-0.39, 0.29) is 11.7 Å². The molecule has 0 radical (unpaired) electrons. The lowest BCUT2D eigenvalue weighted by Crippen LogP contribution is -2.41. The van der Waals surface area contributed by atoms with Gasteiger partial charge in [-0.1, -0.05) is 6.07 Å². The van der Waals surface area contributed by atoms with E-state index in [2.05, 4.69) is 0 Å². The number of nitrogens with zero attached hydrogens (tertiary/aromatic N) is 1. The van der Waals surface area contributed by atoms with Crippen LogP contribution in [-0.4, -0.2) is 26.1 Å². The summed E-state index contributed by atoms with van der Waals surface area (Å²) < 4.78 is 36.8. The number of aryl methyl sites for hydroxylation is 2. The highest BCUT2D eigenvalue weighted by atomic mass is 32.2. The van der Waals surface area contributed by atoms with Crippen LogP contribution >= 0.6 is 0 Å². The summed E-state index contributed by atoms with van der Waals surface area (Å²) in [4.78, 5) is 14.5. The number of carbonyl (C=O) groups is 1. The molecule has 1 aliphatic rings. The Kier molecular flexibility index (Phi) is 4.47. The van der Waals surface area contributed by atoms with Crippen LogP contribution in [0.2, 0.25) is 0 Å². The van der Waals surface area contributed by atoms with Crippen molar-refractivity contribution in [2.45, 2.75) is 19.9 Å². The molecule has 2 aromatic carbocycles. The molecule has 0 fully saturated rings. The van der Waals surface area contributed by atoms with Crippen LogP contribution in [0.15, 0.2) is 53.9 Å². The summed E-state index contributed by atoms with van der Waals surface area (Å²) in [5.41, 5.74) is 2.99. The van der Waals surface area contributed by atoms with Crippen LogP contribution in [0.1, 0.15) is 21.5 Å². The van der Waals surface area contributed by atoms with E-state index in [9.17, 15) is 17.6 Å². The van der Waals surface area contributed by atoms with Gasteiger partial charge >= 0.3 is 0 Å². The monoisotopic (exact) mass is 359 g/mol. The van der Waals surface area contributed by atoms with Gasteiger partial charge in [-0.05, 0) is 67.4 Å². The fraction of sp³-hybridized carbons (Fsp3) is 0.211. The molecule has 1 atom stereocenters. The number of sulfone groups is 1. The van der Waals surface area contributed by atoms with Crippen molar-refractivity contribution in [2.75, 3.05) is 10.7 Å². The van der Waals surface area contributed by atoms with E-state index < -0.39 is 21.7 Å². The molecule has 1 aliphatic heterocycles. The smallest absolute Gasteiger partial charge is 0.258 e. The average Bonchev–Trinajstić information content (AvgIpc) is 2.91. The first kappa shape index (κ1) is 17.4. The van der Waals surface area contributed by atoms with E-state index in [0.717, 1.165) is 16.5 Å². The third kappa shape index (κ3) is 3.64. The number of rotatable bonds is 3. The maximum Gasteiger partial charge on any atom is 0.258 e. The van der Waals surface area contributed by atoms with Crippen molar-refractivity contribution < 1.29 is 17.6 Å². The highest BCUT2D eigenvalue weighted by Gasteiger charge is 2.32. The Morgan fingerprint density at radius 3 is 2.32 bits per heavy atom. The normalized spacial score (nSPS) is 18.3. The second-order valence-corrected chi connectivity index (χ2v) is 8.11. The van der Waals surface area contributed by atoms with Crippen LogP contribution in [0.25, 0.3) is 0 Å². The standard InChI is InChI=1S/C19H18FNO3S/c1-13-3-8-17(11-14(13)2)21(18-9-10-25(23,24)12-18)19(22)15-4-6-16(20)7-5-15/h3-11,18H,12H2,1-2H3/t18-/m0/s1. The molecule has 4 nitrogen and oxygen atoms in total. The maximum absolute atomic E-state index is 13.2. The lowest BCUT2D eigenvalue weighted by molar-refractivity contribution is 0.0983. The van der Waals surface area contributed by atoms with Gasteiger partial charge in [0.25, 0.3) is 5.91 Å². The fourth-order valence-corrected chi connectivity index (χ4v) is 4.05. The number of amides is 1. The summed E-state index contributed by atoms with van der Waals surface area (Å²) >= 11 is 0. The Bertz CT molecular complexity index is 949. The van der Waals surface area contributed by atoms with Gasteiger partial charge in [-0.15, -0.1) is 0 Å². The van der Waals surface area contributed by atoms with E-state index in [1.165, 1.54) is 35.2 Å². The molecule has 2 aromatic rings. The number of hydrogen-bond acceptors (Lipinski definition) is 3. The van der Waals surface area contributed by atoms with Gasteiger partial charge in [0.15, 0.2) is 9.84 Å². The Hall–Kier alpha value is -2.47. The second-order valence-electron chi connectivity index (χ2n) is 6.18. The zero-order chi connectivity index (χ0) is 18.2. The number of halogens is 1. The third-order valence-corrected chi connectivity index (χ3v) is 5.70. The van der Waals surface area contributed by atoms with Gasteiger partial charge in [0, 0.05) is 16.7 Å². The van der Waals surface area contributed by atoms with Gasteiger partial charge < -0.3 is 4.90 Å². The first-order valence-corrected chi connectivity index (χ1v) is 9.56. The minimum absolute atomic E-state index is 0.160. The zero-order valence-electron chi connectivity index (χ0n) is 13.9. The second kappa shape index (κ2) is 6.44. The topological polar surface area (TPSA) is 54.5 Å². The predicted molar refractivity (Wildman–Crippen MR) is 95.8 cm³/mol. The van der Waals surface area contributed by atoms with Gasteiger partial charge in [0.05, 0.1) is 11.8 Å². The molecule has 1 heterocycles. The van der Waals surface area contributed by atoms with Crippen molar-refractivity contribution in [3.63, 3.8) is 0 Å². The molecule has 1 amide bonds. The third-order valence-electron chi connectivity index (χ3n) is 4.32. The van der Waals surface area contributed by atoms with E-state index in [1.807, 2.05) is 26.0 Å². The zero-order valence-corrected chi connectivity index (χ0v) is 14.8. The summed E-state index contributed by atoms with van der Waals surface area (Å²) in [6.07, 6.45) is 1.52. The quantitative estimate of drug-likeness (QED) is 0.844. The summed E-state index contributed by atoms with van der Waals surface area (Å²) in [5, 5.41) is 1.14. The summed E-state index contributed by atoms with van der Waals surface area (Å²) in [7, 11) is -3.32. The van der Waals surface area contributed by atoms with Gasteiger partial charge in [0.2, 0.25) is 0 Å². The Labute approximate surface area is 146 Å². The molecule has 0 aromatic heterocycles. The maximum atomic E-state index is 13.2. The van der Waals surface area contributed by atoms with Crippen LogP contribution in [-0.2, 0) is 9.84 Å². The molecule has 0 saturated carbocycles. The molecule has 6 heteroatoms. The molecule has 0 N–H and O–H groups in total. The fourth-order valence-electron chi connectivity index (χ4n) is 2.79. The van der Waals surface area contributed by atoms with Crippen LogP contribution < -0.4 is 4.90 Å². The molecule has 0 bridgehead atoms. The number of benzene rings is 2. The van der Waals surface area contributed by atoms with Crippen LogP contribution in [0.5, 0.6) is 0 Å². The van der Waals surface area contributed by atoms with Crippen molar-refractivity contribution in [1.29, 1.82) is 0 Å². The molecular weight excluding hydrogens is 341 g/mol. The predicted octanol–water partition coefficient (Wildman–Crippen LogP) is 3.40. The summed E-state index contributed by atoms with van der Waals surface area (Å²) in [6.45, 7) is 3.89. The average molecular weight is 359 g/mol. The van der Waals surface area contributed by atoms with Crippen LogP contribution in [0.4, 0.5) is 10.1 Å². The first-order chi connectivity index (χ1) is 11.8. The molecule has 0 aliphatic carbocycles. The summed E-state index contributed by atoms with van der Waals surface area (Å²) in [5.74, 6) is -0.958. The van der Waals surface area contributed by atoms with E-state index in [4.69, 9.17) is 0 Å². The van der Waals surface area contributed by atoms with Crippen LogP contribution in [0.3, 0.4) is 0 Å². The first-order valence-electron chi connectivity index (χ1n) is 7.84. The molecule has 0 saturated heterocycles. The van der Waals surface area contributed by atoms with E-state index in [0.29, 0.717) is 11.3 Å². The molecule has 0 unspecified atom stereocenters. The number of carbonyl (C=O) groups excluding carboxylic acids is 1. The van der Waals surface area contributed by atoms with E-state index in [1.54, 1.807) is 6.07 Å². The molecular formula is C19H18FNO3S. The number of hydrogen-bond donors (Lipinski definition) is 0. The molecule has 0 spiro atoms. The summed E-state index contributed by atoms with van der Waals surface area (Å²) in [6, 6.07) is 10.2.